The predicted molar refractivity (Wildman–Crippen MR) is 74.4 cm³/mol. The van der Waals surface area contributed by atoms with Crippen LogP contribution in [0.2, 0.25) is 0 Å². The van der Waals surface area contributed by atoms with E-state index in [1.807, 2.05) is 0 Å². The summed E-state index contributed by atoms with van der Waals surface area (Å²) in [6.45, 7) is 0.0598. The van der Waals surface area contributed by atoms with Crippen molar-refractivity contribution in [1.82, 2.24) is 0 Å². The van der Waals surface area contributed by atoms with E-state index in [0.29, 0.717) is 11.4 Å². The zero-order valence-electron chi connectivity index (χ0n) is 10.2. The zero-order valence-corrected chi connectivity index (χ0v) is 11.8. The van der Waals surface area contributed by atoms with Gasteiger partial charge in [-0.05, 0) is 40.2 Å². The molecule has 0 aromatic heterocycles. The normalized spacial score (nSPS) is 10.3. The second-order valence-corrected chi connectivity index (χ2v) is 4.75. The standard InChI is InChI=1S/C14H12BrF2NO/c1-19-9-5-6-11(15)14(7-9)18-8-10-12(16)3-2-4-13(10)17/h2-7,18H,8H2,1H3. The lowest BCUT2D eigenvalue weighted by atomic mass is 10.2. The van der Waals surface area contributed by atoms with Crippen LogP contribution in [-0.4, -0.2) is 7.11 Å². The van der Waals surface area contributed by atoms with Crippen LogP contribution in [-0.2, 0) is 6.54 Å². The highest BCUT2D eigenvalue weighted by molar-refractivity contribution is 9.10. The van der Waals surface area contributed by atoms with E-state index in [2.05, 4.69) is 21.2 Å². The van der Waals surface area contributed by atoms with E-state index in [1.54, 1.807) is 25.3 Å². The molecular formula is C14H12BrF2NO. The molecule has 0 aliphatic rings. The Morgan fingerprint density at radius 1 is 1.16 bits per heavy atom. The number of anilines is 1. The molecule has 5 heteroatoms. The maximum Gasteiger partial charge on any atom is 0.131 e. The van der Waals surface area contributed by atoms with Gasteiger partial charge in [-0.2, -0.15) is 0 Å². The van der Waals surface area contributed by atoms with Crippen molar-refractivity contribution in [3.05, 3.63) is 58.1 Å². The minimum absolute atomic E-state index is 0.0113. The molecule has 2 nitrogen and oxygen atoms in total. The highest BCUT2D eigenvalue weighted by Crippen LogP contribution is 2.28. The molecule has 19 heavy (non-hydrogen) atoms. The largest absolute Gasteiger partial charge is 0.497 e. The molecule has 0 heterocycles. The second kappa shape index (κ2) is 6.02. The molecule has 0 unspecified atom stereocenters. The van der Waals surface area contributed by atoms with Crippen LogP contribution in [0, 0.1) is 11.6 Å². The third-order valence-electron chi connectivity index (χ3n) is 2.69. The van der Waals surface area contributed by atoms with Crippen molar-refractivity contribution >= 4 is 21.6 Å². The number of methoxy groups -OCH3 is 1. The fourth-order valence-corrected chi connectivity index (χ4v) is 2.04. The molecule has 1 N–H and O–H groups in total. The Labute approximate surface area is 118 Å². The number of hydrogen-bond donors (Lipinski definition) is 1. The summed E-state index contributed by atoms with van der Waals surface area (Å²) < 4.78 is 32.9. The number of hydrogen-bond acceptors (Lipinski definition) is 2. The van der Waals surface area contributed by atoms with Crippen molar-refractivity contribution < 1.29 is 13.5 Å². The number of benzene rings is 2. The van der Waals surface area contributed by atoms with E-state index in [4.69, 9.17) is 4.74 Å². The Morgan fingerprint density at radius 2 is 1.84 bits per heavy atom. The van der Waals surface area contributed by atoms with Crippen LogP contribution < -0.4 is 10.1 Å². The average Bonchev–Trinajstić information content (AvgIpc) is 2.40. The molecule has 0 radical (unpaired) electrons. The van der Waals surface area contributed by atoms with Gasteiger partial charge in [-0.25, -0.2) is 8.78 Å². The van der Waals surface area contributed by atoms with Crippen molar-refractivity contribution in [1.29, 1.82) is 0 Å². The highest BCUT2D eigenvalue weighted by atomic mass is 79.9. The van der Waals surface area contributed by atoms with Gasteiger partial charge in [0.1, 0.15) is 17.4 Å². The van der Waals surface area contributed by atoms with E-state index < -0.39 is 11.6 Å². The van der Waals surface area contributed by atoms with Crippen LogP contribution in [0.1, 0.15) is 5.56 Å². The lowest BCUT2D eigenvalue weighted by molar-refractivity contribution is 0.415. The summed E-state index contributed by atoms with van der Waals surface area (Å²) in [5.74, 6) is -0.460. The minimum atomic E-state index is -0.563. The maximum atomic E-state index is 13.5. The van der Waals surface area contributed by atoms with E-state index >= 15 is 0 Å². The van der Waals surface area contributed by atoms with Crippen LogP contribution in [0.15, 0.2) is 40.9 Å². The van der Waals surface area contributed by atoms with Gasteiger partial charge in [-0.1, -0.05) is 6.07 Å². The summed E-state index contributed by atoms with van der Waals surface area (Å²) in [6, 6.07) is 9.16. The van der Waals surface area contributed by atoms with E-state index in [9.17, 15) is 8.78 Å². The molecule has 0 aliphatic heterocycles. The molecule has 0 saturated heterocycles. The molecule has 0 saturated carbocycles. The molecule has 2 aromatic carbocycles. The first-order valence-corrected chi connectivity index (χ1v) is 6.41. The van der Waals surface area contributed by atoms with Crippen LogP contribution in [0.4, 0.5) is 14.5 Å². The molecule has 0 fully saturated rings. The number of rotatable bonds is 4. The quantitative estimate of drug-likeness (QED) is 0.901. The van der Waals surface area contributed by atoms with Crippen LogP contribution in [0.5, 0.6) is 5.75 Å². The molecule has 0 aliphatic carbocycles. The van der Waals surface area contributed by atoms with Gasteiger partial charge in [-0.3, -0.25) is 0 Å². The highest BCUT2D eigenvalue weighted by Gasteiger charge is 2.09. The van der Waals surface area contributed by atoms with Gasteiger partial charge in [0, 0.05) is 22.6 Å². The monoisotopic (exact) mass is 327 g/mol. The predicted octanol–water partition coefficient (Wildman–Crippen LogP) is 4.35. The third-order valence-corrected chi connectivity index (χ3v) is 3.38. The van der Waals surface area contributed by atoms with Gasteiger partial charge >= 0.3 is 0 Å². The maximum absolute atomic E-state index is 13.5. The Balaban J connectivity index is 2.19. The summed E-state index contributed by atoms with van der Waals surface area (Å²) in [6.07, 6.45) is 0. The van der Waals surface area contributed by atoms with Crippen LogP contribution in [0.25, 0.3) is 0 Å². The third kappa shape index (κ3) is 3.23. The van der Waals surface area contributed by atoms with Crippen molar-refractivity contribution in [2.45, 2.75) is 6.54 Å². The molecule has 2 aromatic rings. The Bertz CT molecular complexity index is 569. The lowest BCUT2D eigenvalue weighted by Gasteiger charge is -2.11. The molecule has 0 bridgehead atoms. The van der Waals surface area contributed by atoms with Crippen LogP contribution >= 0.6 is 15.9 Å². The molecular weight excluding hydrogens is 316 g/mol. The smallest absolute Gasteiger partial charge is 0.131 e. The van der Waals surface area contributed by atoms with Crippen molar-refractivity contribution in [2.75, 3.05) is 12.4 Å². The summed E-state index contributed by atoms with van der Waals surface area (Å²) in [4.78, 5) is 0. The first kappa shape index (κ1) is 13.8. The number of ether oxygens (including phenoxy) is 1. The molecule has 0 amide bonds. The average molecular weight is 328 g/mol. The van der Waals surface area contributed by atoms with Gasteiger partial charge in [0.2, 0.25) is 0 Å². The van der Waals surface area contributed by atoms with E-state index in [1.165, 1.54) is 18.2 Å². The minimum Gasteiger partial charge on any atom is -0.497 e. The van der Waals surface area contributed by atoms with Crippen molar-refractivity contribution in [2.24, 2.45) is 0 Å². The fourth-order valence-electron chi connectivity index (χ4n) is 1.65. The first-order valence-electron chi connectivity index (χ1n) is 5.62. The van der Waals surface area contributed by atoms with Gasteiger partial charge in [-0.15, -0.1) is 0 Å². The topological polar surface area (TPSA) is 21.3 Å². The van der Waals surface area contributed by atoms with Gasteiger partial charge in [0.05, 0.1) is 12.8 Å². The summed E-state index contributed by atoms with van der Waals surface area (Å²) in [5.41, 5.74) is 0.722. The van der Waals surface area contributed by atoms with Gasteiger partial charge < -0.3 is 10.1 Å². The zero-order chi connectivity index (χ0) is 13.8. The van der Waals surface area contributed by atoms with Crippen molar-refractivity contribution in [3.8, 4) is 5.75 Å². The Morgan fingerprint density at radius 3 is 2.47 bits per heavy atom. The second-order valence-electron chi connectivity index (χ2n) is 3.90. The molecule has 100 valence electrons. The van der Waals surface area contributed by atoms with E-state index in [0.717, 1.165) is 4.47 Å². The first-order chi connectivity index (χ1) is 9.11. The molecule has 2 rings (SSSR count). The molecule has 0 atom stereocenters. The summed E-state index contributed by atoms with van der Waals surface area (Å²) in [7, 11) is 1.56. The Kier molecular flexibility index (Phi) is 4.37. The van der Waals surface area contributed by atoms with Crippen LogP contribution in [0.3, 0.4) is 0 Å². The number of nitrogens with one attached hydrogen (secondary N) is 1. The molecule has 0 spiro atoms. The van der Waals surface area contributed by atoms with E-state index in [-0.39, 0.29) is 12.1 Å². The Hall–Kier alpha value is -1.62. The van der Waals surface area contributed by atoms with Gasteiger partial charge in [0.25, 0.3) is 0 Å². The lowest BCUT2D eigenvalue weighted by Crippen LogP contribution is -2.05. The SMILES string of the molecule is COc1ccc(Br)c(NCc2c(F)cccc2F)c1. The fraction of sp³-hybridized carbons (Fsp3) is 0.143. The summed E-state index contributed by atoms with van der Waals surface area (Å²) >= 11 is 3.36. The number of halogens is 3. The summed E-state index contributed by atoms with van der Waals surface area (Å²) in [5, 5.41) is 2.98. The van der Waals surface area contributed by atoms with Crippen molar-refractivity contribution in [3.63, 3.8) is 0 Å². The van der Waals surface area contributed by atoms with Gasteiger partial charge in [0.15, 0.2) is 0 Å².